The lowest BCUT2D eigenvalue weighted by atomic mass is 9.79. The number of hydrogen-bond donors (Lipinski definition) is 1. The van der Waals surface area contributed by atoms with Gasteiger partial charge in [0.1, 0.15) is 7.28 Å². The van der Waals surface area contributed by atoms with E-state index in [1.807, 2.05) is 0 Å². The average molecular weight is 88.0 g/mol. The van der Waals surface area contributed by atoms with Crippen LogP contribution in [0, 0.1) is 0 Å². The van der Waals surface area contributed by atoms with Gasteiger partial charge in [0, 0.05) is 0 Å². The van der Waals surface area contributed by atoms with Gasteiger partial charge < -0.3 is 0 Å². The standard InChI is InChI=1S/C3H9BS/c1-4-2-3-5/h4-5H,2-3H2,1H3. The van der Waals surface area contributed by atoms with Gasteiger partial charge in [-0.05, 0) is 5.75 Å². The quantitative estimate of drug-likeness (QED) is 0.375. The highest BCUT2D eigenvalue weighted by Crippen LogP contribution is 1.78. The lowest BCUT2D eigenvalue weighted by Gasteiger charge is -1.76. The second-order valence-electron chi connectivity index (χ2n) is 1.08. The van der Waals surface area contributed by atoms with Crippen molar-refractivity contribution in [1.29, 1.82) is 0 Å². The largest absolute Gasteiger partial charge is 0.180 e. The normalized spacial score (nSPS) is 7.60. The molecule has 0 fully saturated rings. The van der Waals surface area contributed by atoms with E-state index >= 15 is 0 Å². The van der Waals surface area contributed by atoms with Gasteiger partial charge in [0.25, 0.3) is 0 Å². The van der Waals surface area contributed by atoms with Crippen LogP contribution in [0.3, 0.4) is 0 Å². The van der Waals surface area contributed by atoms with Gasteiger partial charge in [0.05, 0.1) is 0 Å². The third-order valence-electron chi connectivity index (χ3n) is 0.512. The van der Waals surface area contributed by atoms with E-state index in [0.717, 1.165) is 5.75 Å². The minimum atomic E-state index is 1.04. The topological polar surface area (TPSA) is 0 Å². The second-order valence-corrected chi connectivity index (χ2v) is 1.52. The molecule has 0 spiro atoms. The molecule has 5 heavy (non-hydrogen) atoms. The van der Waals surface area contributed by atoms with Gasteiger partial charge in [0.2, 0.25) is 0 Å². The van der Waals surface area contributed by atoms with Crippen LogP contribution in [0.1, 0.15) is 0 Å². The van der Waals surface area contributed by atoms with E-state index in [-0.39, 0.29) is 0 Å². The molecule has 30 valence electrons. The van der Waals surface area contributed by atoms with E-state index in [1.54, 1.807) is 0 Å². The highest BCUT2D eigenvalue weighted by molar-refractivity contribution is 7.80. The minimum absolute atomic E-state index is 1.04. The van der Waals surface area contributed by atoms with Gasteiger partial charge in [-0.2, -0.15) is 12.6 Å². The first-order chi connectivity index (χ1) is 2.41. The molecule has 0 aliphatic heterocycles. The maximum absolute atomic E-state index is 4.00. The Balaban J connectivity index is 2.19. The molecule has 0 unspecified atom stereocenters. The van der Waals surface area contributed by atoms with E-state index in [9.17, 15) is 0 Å². The third-order valence-corrected chi connectivity index (χ3v) is 0.828. The molecule has 0 nitrogen and oxygen atoms in total. The van der Waals surface area contributed by atoms with Crippen LogP contribution < -0.4 is 0 Å². The first-order valence-corrected chi connectivity index (χ1v) is 2.66. The Morgan fingerprint density at radius 1 is 1.80 bits per heavy atom. The van der Waals surface area contributed by atoms with E-state index in [2.05, 4.69) is 19.5 Å². The van der Waals surface area contributed by atoms with Gasteiger partial charge in [0.15, 0.2) is 0 Å². The van der Waals surface area contributed by atoms with Crippen LogP contribution in [0.25, 0.3) is 0 Å². The summed E-state index contributed by atoms with van der Waals surface area (Å²) in [4.78, 5) is 0. The van der Waals surface area contributed by atoms with Crippen molar-refractivity contribution in [3.05, 3.63) is 0 Å². The predicted molar refractivity (Wildman–Crippen MR) is 31.7 cm³/mol. The Bertz CT molecular complexity index is 14.4. The molecule has 0 aliphatic carbocycles. The van der Waals surface area contributed by atoms with E-state index in [4.69, 9.17) is 0 Å². The SMILES string of the molecule is CBCCS. The number of thiol groups is 1. The minimum Gasteiger partial charge on any atom is -0.180 e. The first kappa shape index (κ1) is 5.41. The van der Waals surface area contributed by atoms with Crippen molar-refractivity contribution in [2.45, 2.75) is 13.1 Å². The highest BCUT2D eigenvalue weighted by Gasteiger charge is 1.72. The predicted octanol–water partition coefficient (Wildman–Crippen LogP) is 0.819. The summed E-state index contributed by atoms with van der Waals surface area (Å²) in [6.07, 6.45) is 1.25. The van der Waals surface area contributed by atoms with Crippen molar-refractivity contribution in [2.24, 2.45) is 0 Å². The first-order valence-electron chi connectivity index (χ1n) is 2.02. The molecule has 0 aliphatic rings. The van der Waals surface area contributed by atoms with E-state index in [1.165, 1.54) is 13.6 Å². The Labute approximate surface area is 39.6 Å². The molecule has 0 radical (unpaired) electrons. The van der Waals surface area contributed by atoms with Gasteiger partial charge >= 0.3 is 0 Å². The Kier molecular flexibility index (Phi) is 4.78. The summed E-state index contributed by atoms with van der Waals surface area (Å²) in [5.41, 5.74) is 0. The fraction of sp³-hybridized carbons (Fsp3) is 1.00. The lowest BCUT2D eigenvalue weighted by Crippen LogP contribution is -1.77. The molecule has 0 amide bonds. The zero-order chi connectivity index (χ0) is 4.12. The maximum Gasteiger partial charge on any atom is 0.118 e. The lowest BCUT2D eigenvalue weighted by molar-refractivity contribution is 1.49. The van der Waals surface area contributed by atoms with Crippen LogP contribution in [0.15, 0.2) is 0 Å². The molecule has 0 saturated heterocycles. The fourth-order valence-corrected chi connectivity index (χ4v) is 0.474. The zero-order valence-corrected chi connectivity index (χ0v) is 4.46. The fourth-order valence-electron chi connectivity index (χ4n) is 0.158. The summed E-state index contributed by atoms with van der Waals surface area (Å²) in [7, 11) is 1.27. The van der Waals surface area contributed by atoms with Crippen LogP contribution >= 0.6 is 12.6 Å². The third kappa shape index (κ3) is 4.41. The molecular weight excluding hydrogens is 78.9 g/mol. The van der Waals surface area contributed by atoms with Gasteiger partial charge in [-0.3, -0.25) is 0 Å². The molecule has 0 bridgehead atoms. The molecule has 0 atom stereocenters. The van der Waals surface area contributed by atoms with Gasteiger partial charge in [-0.25, -0.2) is 0 Å². The average Bonchev–Trinajstić information content (AvgIpc) is 1.41. The molecule has 0 N–H and O–H groups in total. The summed E-state index contributed by atoms with van der Waals surface area (Å²) >= 11 is 4.00. The summed E-state index contributed by atoms with van der Waals surface area (Å²) in [6, 6.07) is 0. The monoisotopic (exact) mass is 88.1 g/mol. The molecule has 0 heterocycles. The van der Waals surface area contributed by atoms with Crippen LogP contribution in [0.4, 0.5) is 0 Å². The second kappa shape index (κ2) is 4.41. The Morgan fingerprint density at radius 2 is 2.40 bits per heavy atom. The van der Waals surface area contributed by atoms with Crippen molar-refractivity contribution in [3.63, 3.8) is 0 Å². The summed E-state index contributed by atoms with van der Waals surface area (Å²) in [5, 5.41) is 0. The number of hydrogen-bond acceptors (Lipinski definition) is 1. The molecule has 0 saturated carbocycles. The van der Waals surface area contributed by atoms with Crippen molar-refractivity contribution >= 4 is 19.9 Å². The van der Waals surface area contributed by atoms with Crippen molar-refractivity contribution in [3.8, 4) is 0 Å². The smallest absolute Gasteiger partial charge is 0.118 e. The number of rotatable bonds is 2. The summed E-state index contributed by atoms with van der Waals surface area (Å²) in [5.74, 6) is 1.04. The van der Waals surface area contributed by atoms with E-state index < -0.39 is 0 Å². The van der Waals surface area contributed by atoms with Crippen molar-refractivity contribution in [1.82, 2.24) is 0 Å². The van der Waals surface area contributed by atoms with Crippen LogP contribution in [0.5, 0.6) is 0 Å². The zero-order valence-electron chi connectivity index (χ0n) is 3.57. The molecule has 0 aromatic carbocycles. The maximum atomic E-state index is 4.00. The van der Waals surface area contributed by atoms with Crippen LogP contribution in [0.2, 0.25) is 13.1 Å². The summed E-state index contributed by atoms with van der Waals surface area (Å²) in [6.45, 7) is 2.16. The molecule has 2 heteroatoms. The van der Waals surface area contributed by atoms with Gasteiger partial charge in [-0.1, -0.05) is 13.1 Å². The van der Waals surface area contributed by atoms with Gasteiger partial charge in [-0.15, -0.1) is 0 Å². The Morgan fingerprint density at radius 3 is 2.40 bits per heavy atom. The van der Waals surface area contributed by atoms with E-state index in [0.29, 0.717) is 0 Å². The highest BCUT2D eigenvalue weighted by atomic mass is 32.1. The van der Waals surface area contributed by atoms with Crippen molar-refractivity contribution in [2.75, 3.05) is 5.75 Å². The van der Waals surface area contributed by atoms with Crippen LogP contribution in [-0.2, 0) is 0 Å². The molecular formula is C3H9BS. The molecule has 0 aromatic heterocycles. The molecule has 0 aromatic rings. The summed E-state index contributed by atoms with van der Waals surface area (Å²) < 4.78 is 0. The Hall–Kier alpha value is 0.415. The van der Waals surface area contributed by atoms with Crippen molar-refractivity contribution < 1.29 is 0 Å². The van der Waals surface area contributed by atoms with Crippen LogP contribution in [-0.4, -0.2) is 13.0 Å². The molecule has 0 rings (SSSR count).